The number of benzene rings is 2. The zero-order valence-corrected chi connectivity index (χ0v) is 12.9. The number of carbonyl (C=O) groups is 2. The molecule has 0 fully saturated rings. The number of ether oxygens (including phenoxy) is 2. The van der Waals surface area contributed by atoms with Gasteiger partial charge in [0.05, 0.1) is 7.11 Å². The monoisotopic (exact) mass is 313 g/mol. The van der Waals surface area contributed by atoms with Gasteiger partial charge in [0, 0.05) is 12.0 Å². The van der Waals surface area contributed by atoms with E-state index in [4.69, 9.17) is 15.2 Å². The maximum absolute atomic E-state index is 12.0. The summed E-state index contributed by atoms with van der Waals surface area (Å²) in [7, 11) is 1.58. The zero-order chi connectivity index (χ0) is 16.7. The lowest BCUT2D eigenvalue weighted by atomic mass is 10.1. The number of carbonyl (C=O) groups excluding carboxylic acids is 2. The average molecular weight is 313 g/mol. The quantitative estimate of drug-likeness (QED) is 0.796. The van der Waals surface area contributed by atoms with E-state index in [9.17, 15) is 9.59 Å². The molecule has 5 nitrogen and oxygen atoms in total. The molecule has 0 saturated heterocycles. The minimum absolute atomic E-state index is 0.136. The molecule has 0 aliphatic heterocycles. The highest BCUT2D eigenvalue weighted by atomic mass is 16.5. The molecule has 120 valence electrons. The standard InChI is InChI=1S/C18H19NO4/c1-22-15-10-6-5-7-13(15)11-12-16(20)23-17(18(19)21)14-8-3-2-4-9-14/h2-10,17H,11-12H2,1H3,(H2,19,21). The topological polar surface area (TPSA) is 78.6 Å². The van der Waals surface area contributed by atoms with Gasteiger partial charge >= 0.3 is 5.97 Å². The van der Waals surface area contributed by atoms with Gasteiger partial charge in [0.25, 0.3) is 5.91 Å². The summed E-state index contributed by atoms with van der Waals surface area (Å²) in [5.41, 5.74) is 6.80. The molecule has 0 saturated carbocycles. The molecule has 0 aliphatic carbocycles. The SMILES string of the molecule is COc1ccccc1CCC(=O)OC(C(N)=O)c1ccccc1. The van der Waals surface area contributed by atoms with Crippen LogP contribution in [0.4, 0.5) is 0 Å². The van der Waals surface area contributed by atoms with Crippen molar-refractivity contribution < 1.29 is 19.1 Å². The number of hydrogen-bond donors (Lipinski definition) is 1. The molecule has 2 aromatic carbocycles. The van der Waals surface area contributed by atoms with Gasteiger partial charge in [-0.15, -0.1) is 0 Å². The van der Waals surface area contributed by atoms with E-state index in [2.05, 4.69) is 0 Å². The lowest BCUT2D eigenvalue weighted by Gasteiger charge is -2.15. The Balaban J connectivity index is 1.99. The molecule has 0 bridgehead atoms. The number of methoxy groups -OCH3 is 1. The maximum Gasteiger partial charge on any atom is 0.307 e. The van der Waals surface area contributed by atoms with E-state index in [0.29, 0.717) is 12.0 Å². The summed E-state index contributed by atoms with van der Waals surface area (Å²) in [5, 5.41) is 0. The Kier molecular flexibility index (Phi) is 5.74. The number of rotatable bonds is 7. The number of aryl methyl sites for hydroxylation is 1. The maximum atomic E-state index is 12.0. The van der Waals surface area contributed by atoms with Crippen LogP contribution in [0.5, 0.6) is 5.75 Å². The van der Waals surface area contributed by atoms with Gasteiger partial charge in [-0.1, -0.05) is 48.5 Å². The van der Waals surface area contributed by atoms with Crippen LogP contribution < -0.4 is 10.5 Å². The van der Waals surface area contributed by atoms with Gasteiger partial charge in [-0.05, 0) is 18.1 Å². The first-order chi connectivity index (χ1) is 11.1. The van der Waals surface area contributed by atoms with Gasteiger partial charge in [-0.3, -0.25) is 9.59 Å². The second kappa shape index (κ2) is 7.98. The van der Waals surface area contributed by atoms with E-state index < -0.39 is 18.0 Å². The summed E-state index contributed by atoms with van der Waals surface area (Å²) in [4.78, 5) is 23.6. The summed E-state index contributed by atoms with van der Waals surface area (Å²) in [6.07, 6.45) is -0.471. The molecule has 2 N–H and O–H groups in total. The van der Waals surface area contributed by atoms with Crippen molar-refractivity contribution in [3.8, 4) is 5.75 Å². The molecule has 0 heterocycles. The Bertz CT molecular complexity index is 670. The van der Waals surface area contributed by atoms with Crippen LogP contribution in [0.25, 0.3) is 0 Å². The highest BCUT2D eigenvalue weighted by Gasteiger charge is 2.22. The first kappa shape index (κ1) is 16.5. The molecular formula is C18H19NO4. The normalized spacial score (nSPS) is 11.5. The molecule has 0 aromatic heterocycles. The zero-order valence-electron chi connectivity index (χ0n) is 12.9. The first-order valence-corrected chi connectivity index (χ1v) is 7.27. The predicted octanol–water partition coefficient (Wildman–Crippen LogP) is 2.40. The molecule has 23 heavy (non-hydrogen) atoms. The molecule has 5 heteroatoms. The second-order valence-corrected chi connectivity index (χ2v) is 4.99. The Morgan fingerprint density at radius 3 is 2.35 bits per heavy atom. The van der Waals surface area contributed by atoms with Crippen molar-refractivity contribution in [2.45, 2.75) is 18.9 Å². The fraction of sp³-hybridized carbons (Fsp3) is 0.222. The van der Waals surface area contributed by atoms with Gasteiger partial charge in [0.1, 0.15) is 5.75 Å². The van der Waals surface area contributed by atoms with E-state index in [1.54, 1.807) is 31.4 Å². The molecule has 2 rings (SSSR count). The Hall–Kier alpha value is -2.82. The number of esters is 1. The number of nitrogens with two attached hydrogens (primary N) is 1. The van der Waals surface area contributed by atoms with E-state index in [1.807, 2.05) is 30.3 Å². The highest BCUT2D eigenvalue weighted by Crippen LogP contribution is 2.21. The highest BCUT2D eigenvalue weighted by molar-refractivity contribution is 5.83. The van der Waals surface area contributed by atoms with Crippen molar-refractivity contribution in [1.29, 1.82) is 0 Å². The fourth-order valence-electron chi connectivity index (χ4n) is 2.25. The molecule has 0 radical (unpaired) electrons. The Morgan fingerprint density at radius 1 is 1.04 bits per heavy atom. The summed E-state index contributed by atoms with van der Waals surface area (Å²) in [5.74, 6) is -0.458. The number of hydrogen-bond acceptors (Lipinski definition) is 4. The van der Waals surface area contributed by atoms with E-state index in [-0.39, 0.29) is 6.42 Å². The molecule has 2 aromatic rings. The van der Waals surface area contributed by atoms with Gasteiger partial charge in [0.15, 0.2) is 0 Å². The van der Waals surface area contributed by atoms with E-state index >= 15 is 0 Å². The van der Waals surface area contributed by atoms with E-state index in [1.165, 1.54) is 0 Å². The van der Waals surface area contributed by atoms with Gasteiger partial charge < -0.3 is 15.2 Å². The molecule has 1 atom stereocenters. The Morgan fingerprint density at radius 2 is 1.70 bits per heavy atom. The summed E-state index contributed by atoms with van der Waals surface area (Å²) < 4.78 is 10.5. The molecule has 1 amide bonds. The lowest BCUT2D eigenvalue weighted by Crippen LogP contribution is -2.26. The molecule has 0 aliphatic rings. The van der Waals surface area contributed by atoms with Crippen molar-refractivity contribution in [1.82, 2.24) is 0 Å². The Labute approximate surface area is 135 Å². The van der Waals surface area contributed by atoms with Crippen LogP contribution in [0.3, 0.4) is 0 Å². The van der Waals surface area contributed by atoms with Crippen LogP contribution in [0.2, 0.25) is 0 Å². The number of primary amides is 1. The second-order valence-electron chi connectivity index (χ2n) is 4.99. The summed E-state index contributed by atoms with van der Waals surface area (Å²) in [6.45, 7) is 0. The van der Waals surface area contributed by atoms with Gasteiger partial charge in [0.2, 0.25) is 6.10 Å². The number of para-hydroxylation sites is 1. The van der Waals surface area contributed by atoms with Crippen LogP contribution in [0, 0.1) is 0 Å². The van der Waals surface area contributed by atoms with Crippen molar-refractivity contribution in [2.24, 2.45) is 5.73 Å². The summed E-state index contributed by atoms with van der Waals surface area (Å²) >= 11 is 0. The van der Waals surface area contributed by atoms with Crippen LogP contribution in [-0.2, 0) is 20.7 Å². The predicted molar refractivity (Wildman–Crippen MR) is 85.8 cm³/mol. The number of amides is 1. The fourth-order valence-corrected chi connectivity index (χ4v) is 2.25. The first-order valence-electron chi connectivity index (χ1n) is 7.27. The minimum atomic E-state index is -1.07. The lowest BCUT2D eigenvalue weighted by molar-refractivity contribution is -0.155. The smallest absolute Gasteiger partial charge is 0.307 e. The molecular weight excluding hydrogens is 294 g/mol. The largest absolute Gasteiger partial charge is 0.496 e. The third-order valence-corrected chi connectivity index (χ3v) is 3.40. The summed E-state index contributed by atoms with van der Waals surface area (Å²) in [6, 6.07) is 16.2. The van der Waals surface area contributed by atoms with Crippen LogP contribution in [0.1, 0.15) is 23.7 Å². The van der Waals surface area contributed by atoms with E-state index in [0.717, 1.165) is 11.3 Å². The minimum Gasteiger partial charge on any atom is -0.496 e. The third kappa shape index (κ3) is 4.57. The average Bonchev–Trinajstić information content (AvgIpc) is 2.58. The van der Waals surface area contributed by atoms with Crippen LogP contribution in [-0.4, -0.2) is 19.0 Å². The molecule has 0 spiro atoms. The molecule has 1 unspecified atom stereocenters. The van der Waals surface area contributed by atoms with Crippen molar-refractivity contribution in [3.05, 3.63) is 65.7 Å². The van der Waals surface area contributed by atoms with Gasteiger partial charge in [-0.2, -0.15) is 0 Å². The van der Waals surface area contributed by atoms with Crippen molar-refractivity contribution in [3.63, 3.8) is 0 Å². The third-order valence-electron chi connectivity index (χ3n) is 3.40. The van der Waals surface area contributed by atoms with Crippen LogP contribution >= 0.6 is 0 Å². The van der Waals surface area contributed by atoms with Crippen LogP contribution in [0.15, 0.2) is 54.6 Å². The van der Waals surface area contributed by atoms with Gasteiger partial charge in [-0.25, -0.2) is 0 Å². The van der Waals surface area contributed by atoms with Crippen molar-refractivity contribution in [2.75, 3.05) is 7.11 Å². The van der Waals surface area contributed by atoms with Crippen molar-refractivity contribution >= 4 is 11.9 Å².